The molecule has 0 amide bonds. The van der Waals surface area contributed by atoms with Gasteiger partial charge >= 0.3 is 0 Å². The van der Waals surface area contributed by atoms with E-state index in [0.717, 1.165) is 5.02 Å². The van der Waals surface area contributed by atoms with Crippen LogP contribution in [-0.2, 0) is 0 Å². The maximum atomic E-state index is 5.95. The number of aromatic nitrogens is 2. The van der Waals surface area contributed by atoms with Crippen LogP contribution in [0.15, 0.2) is 36.8 Å². The zero-order valence-electron chi connectivity index (χ0n) is 12.3. The van der Waals surface area contributed by atoms with E-state index in [0.29, 0.717) is 18.4 Å². The quantitative estimate of drug-likeness (QED) is 0.909. The number of rotatable bonds is 5. The minimum atomic E-state index is 0.220. The van der Waals surface area contributed by atoms with E-state index >= 15 is 0 Å². The van der Waals surface area contributed by atoms with Crippen molar-refractivity contribution in [2.45, 2.75) is 32.7 Å². The molecule has 0 saturated heterocycles. The molecule has 0 saturated carbocycles. The summed E-state index contributed by atoms with van der Waals surface area (Å²) in [6.45, 7) is 7.20. The van der Waals surface area contributed by atoms with Gasteiger partial charge in [0.2, 0.25) is 0 Å². The van der Waals surface area contributed by atoms with Gasteiger partial charge in [-0.1, -0.05) is 37.6 Å². The molecule has 2 rings (SSSR count). The Hall–Kier alpha value is -1.32. The van der Waals surface area contributed by atoms with Crippen LogP contribution in [0.3, 0.4) is 0 Å². The predicted molar refractivity (Wildman–Crippen MR) is 84.1 cm³/mol. The lowest BCUT2D eigenvalue weighted by atomic mass is 9.92. The minimum absolute atomic E-state index is 0.220. The van der Waals surface area contributed by atoms with Gasteiger partial charge in [0.05, 0.1) is 12.4 Å². The fourth-order valence-electron chi connectivity index (χ4n) is 2.56. The summed E-state index contributed by atoms with van der Waals surface area (Å²) in [5, 5.41) is 0.758. The second-order valence-electron chi connectivity index (χ2n) is 5.54. The second kappa shape index (κ2) is 6.42. The first-order valence-corrected chi connectivity index (χ1v) is 7.39. The third-order valence-electron chi connectivity index (χ3n) is 3.90. The van der Waals surface area contributed by atoms with Crippen LogP contribution in [0.1, 0.15) is 44.0 Å². The highest BCUT2D eigenvalue weighted by Crippen LogP contribution is 2.28. The molecule has 0 aliphatic rings. The second-order valence-corrected chi connectivity index (χ2v) is 5.98. The summed E-state index contributed by atoms with van der Waals surface area (Å²) in [6.07, 6.45) is 3.82. The fraction of sp³-hybridized carbons (Fsp3) is 0.438. The maximum Gasteiger partial charge on any atom is 0.0953 e. The average molecular weight is 292 g/mol. The molecule has 0 fully saturated rings. The van der Waals surface area contributed by atoms with Crippen molar-refractivity contribution < 1.29 is 0 Å². The van der Waals surface area contributed by atoms with E-state index in [9.17, 15) is 0 Å². The lowest BCUT2D eigenvalue weighted by Crippen LogP contribution is -2.22. The van der Waals surface area contributed by atoms with Gasteiger partial charge in [0.25, 0.3) is 0 Å². The standard InChI is InChI=1S/C16H22ClN3/c1-11(2)15(8-18)16-9-19-10-20(16)12(3)13-4-6-14(17)7-5-13/h4-7,9-12,15H,8,18H2,1-3H3. The minimum Gasteiger partial charge on any atom is -0.330 e. The highest BCUT2D eigenvalue weighted by atomic mass is 35.5. The van der Waals surface area contributed by atoms with Gasteiger partial charge < -0.3 is 10.3 Å². The Morgan fingerprint density at radius 1 is 1.20 bits per heavy atom. The number of nitrogens with two attached hydrogens (primary N) is 1. The summed E-state index contributed by atoms with van der Waals surface area (Å²) < 4.78 is 2.21. The summed E-state index contributed by atoms with van der Waals surface area (Å²) in [6, 6.07) is 8.19. The van der Waals surface area contributed by atoms with Crippen molar-refractivity contribution in [2.24, 2.45) is 11.7 Å². The van der Waals surface area contributed by atoms with Gasteiger partial charge in [0.1, 0.15) is 0 Å². The monoisotopic (exact) mass is 291 g/mol. The molecular weight excluding hydrogens is 270 g/mol. The highest BCUT2D eigenvalue weighted by molar-refractivity contribution is 6.30. The lowest BCUT2D eigenvalue weighted by molar-refractivity contribution is 0.463. The first-order valence-electron chi connectivity index (χ1n) is 7.01. The van der Waals surface area contributed by atoms with Crippen LogP contribution in [-0.4, -0.2) is 16.1 Å². The summed E-state index contributed by atoms with van der Waals surface area (Å²) in [5.74, 6) is 0.820. The van der Waals surface area contributed by atoms with Crippen molar-refractivity contribution in [1.29, 1.82) is 0 Å². The van der Waals surface area contributed by atoms with Gasteiger partial charge in [-0.3, -0.25) is 0 Å². The Balaban J connectivity index is 2.33. The Morgan fingerprint density at radius 3 is 2.40 bits per heavy atom. The van der Waals surface area contributed by atoms with Crippen molar-refractivity contribution in [1.82, 2.24) is 9.55 Å². The largest absolute Gasteiger partial charge is 0.330 e. The molecule has 4 heteroatoms. The number of benzene rings is 1. The number of hydrogen-bond donors (Lipinski definition) is 1. The van der Waals surface area contributed by atoms with Crippen molar-refractivity contribution >= 4 is 11.6 Å². The Bertz CT molecular complexity index is 545. The van der Waals surface area contributed by atoms with Crippen LogP contribution in [0.25, 0.3) is 0 Å². The predicted octanol–water partition coefficient (Wildman–Crippen LogP) is 3.84. The smallest absolute Gasteiger partial charge is 0.0953 e. The Morgan fingerprint density at radius 2 is 1.85 bits per heavy atom. The topological polar surface area (TPSA) is 43.8 Å². The van der Waals surface area contributed by atoms with Crippen LogP contribution in [0.2, 0.25) is 5.02 Å². The molecule has 2 aromatic rings. The van der Waals surface area contributed by atoms with E-state index in [1.54, 1.807) is 0 Å². The van der Waals surface area contributed by atoms with Gasteiger partial charge in [0, 0.05) is 29.4 Å². The first kappa shape index (κ1) is 15.1. The van der Waals surface area contributed by atoms with Crippen molar-refractivity contribution in [3.8, 4) is 0 Å². The van der Waals surface area contributed by atoms with Crippen LogP contribution in [0.5, 0.6) is 0 Å². The SMILES string of the molecule is CC(C)C(CN)c1cncn1C(C)c1ccc(Cl)cc1. The van der Waals surface area contributed by atoms with E-state index in [-0.39, 0.29) is 6.04 Å². The van der Waals surface area contributed by atoms with E-state index in [4.69, 9.17) is 17.3 Å². The van der Waals surface area contributed by atoms with Gasteiger partial charge in [0.15, 0.2) is 0 Å². The van der Waals surface area contributed by atoms with E-state index in [1.165, 1.54) is 11.3 Å². The van der Waals surface area contributed by atoms with E-state index in [1.807, 2.05) is 24.7 Å². The lowest BCUT2D eigenvalue weighted by Gasteiger charge is -2.24. The summed E-state index contributed by atoms with van der Waals surface area (Å²) >= 11 is 5.95. The molecule has 1 heterocycles. The van der Waals surface area contributed by atoms with Gasteiger partial charge in [-0.25, -0.2) is 4.98 Å². The van der Waals surface area contributed by atoms with Crippen LogP contribution in [0.4, 0.5) is 0 Å². The molecule has 2 atom stereocenters. The maximum absolute atomic E-state index is 5.95. The zero-order chi connectivity index (χ0) is 14.7. The van der Waals surface area contributed by atoms with Crippen molar-refractivity contribution in [2.75, 3.05) is 6.54 Å². The average Bonchev–Trinajstić information content (AvgIpc) is 2.88. The number of nitrogens with zero attached hydrogens (tertiary/aromatic N) is 2. The fourth-order valence-corrected chi connectivity index (χ4v) is 2.69. The third kappa shape index (κ3) is 3.05. The molecular formula is C16H22ClN3. The van der Waals surface area contributed by atoms with E-state index in [2.05, 4.69) is 42.5 Å². The molecule has 1 aromatic carbocycles. The molecule has 2 N–H and O–H groups in total. The van der Waals surface area contributed by atoms with Crippen LogP contribution < -0.4 is 5.73 Å². The molecule has 0 radical (unpaired) electrons. The van der Waals surface area contributed by atoms with Crippen molar-refractivity contribution in [3.05, 3.63) is 53.1 Å². The number of hydrogen-bond acceptors (Lipinski definition) is 2. The molecule has 3 nitrogen and oxygen atoms in total. The molecule has 0 aliphatic heterocycles. The van der Waals surface area contributed by atoms with Gasteiger partial charge in [-0.05, 0) is 30.5 Å². The first-order chi connectivity index (χ1) is 9.54. The zero-order valence-corrected chi connectivity index (χ0v) is 13.0. The molecule has 0 spiro atoms. The molecule has 20 heavy (non-hydrogen) atoms. The van der Waals surface area contributed by atoms with Crippen LogP contribution >= 0.6 is 11.6 Å². The summed E-state index contributed by atoms with van der Waals surface area (Å²) in [4.78, 5) is 4.32. The molecule has 0 aliphatic carbocycles. The number of imidazole rings is 1. The Labute approximate surface area is 125 Å². The van der Waals surface area contributed by atoms with Crippen molar-refractivity contribution in [3.63, 3.8) is 0 Å². The van der Waals surface area contributed by atoms with Crippen LogP contribution in [0, 0.1) is 5.92 Å². The Kier molecular flexibility index (Phi) is 4.84. The van der Waals surface area contributed by atoms with Gasteiger partial charge in [-0.15, -0.1) is 0 Å². The highest BCUT2D eigenvalue weighted by Gasteiger charge is 2.21. The number of halogens is 1. The molecule has 2 unspecified atom stereocenters. The molecule has 0 bridgehead atoms. The molecule has 1 aromatic heterocycles. The van der Waals surface area contributed by atoms with Gasteiger partial charge in [-0.2, -0.15) is 0 Å². The van der Waals surface area contributed by atoms with E-state index < -0.39 is 0 Å². The summed E-state index contributed by atoms with van der Waals surface area (Å²) in [7, 11) is 0. The summed E-state index contributed by atoms with van der Waals surface area (Å²) in [5.41, 5.74) is 8.35. The normalized spacial score (nSPS) is 14.5. The molecule has 108 valence electrons. The third-order valence-corrected chi connectivity index (χ3v) is 4.16.